The van der Waals surface area contributed by atoms with Gasteiger partial charge in [0, 0.05) is 6.04 Å². The van der Waals surface area contributed by atoms with Crippen LogP contribution in [0.5, 0.6) is 0 Å². The first-order chi connectivity index (χ1) is 5.89. The fourth-order valence-electron chi connectivity index (χ4n) is 1.35. The minimum atomic E-state index is -3.39. The third-order valence-electron chi connectivity index (χ3n) is 2.24. The topological polar surface area (TPSA) is 49.4 Å². The van der Waals surface area contributed by atoms with E-state index in [9.17, 15) is 12.8 Å². The van der Waals surface area contributed by atoms with Crippen LogP contribution >= 0.6 is 0 Å². The van der Waals surface area contributed by atoms with Crippen LogP contribution in [0, 0.1) is 0 Å². The number of nitrogens with zero attached hydrogens (tertiary/aromatic N) is 1. The molecule has 1 aliphatic carbocycles. The van der Waals surface area contributed by atoms with Gasteiger partial charge in [-0.1, -0.05) is 0 Å². The average Bonchev–Trinajstić information content (AvgIpc) is 2.65. The maximum atomic E-state index is 13.0. The average molecular weight is 208 g/mol. The van der Waals surface area contributed by atoms with E-state index in [0.717, 1.165) is 17.1 Å². The Hall–Kier alpha value is -0.200. The van der Waals surface area contributed by atoms with Crippen LogP contribution in [-0.4, -0.2) is 37.5 Å². The summed E-state index contributed by atoms with van der Waals surface area (Å²) in [7, 11) is -3.39. The Labute approximate surface area is 77.3 Å². The Balaban J connectivity index is 1.93. The van der Waals surface area contributed by atoms with Crippen molar-refractivity contribution in [2.45, 2.75) is 31.5 Å². The van der Waals surface area contributed by atoms with E-state index in [-0.39, 0.29) is 19.1 Å². The van der Waals surface area contributed by atoms with E-state index in [1.54, 1.807) is 0 Å². The van der Waals surface area contributed by atoms with E-state index in [2.05, 4.69) is 4.72 Å². The molecule has 1 saturated carbocycles. The van der Waals surface area contributed by atoms with Crippen molar-refractivity contribution >= 4 is 10.2 Å². The van der Waals surface area contributed by atoms with Gasteiger partial charge in [0.05, 0.1) is 13.1 Å². The fourth-order valence-corrected chi connectivity index (χ4v) is 3.03. The molecule has 6 heteroatoms. The van der Waals surface area contributed by atoms with Gasteiger partial charge in [-0.25, -0.2) is 4.39 Å². The van der Waals surface area contributed by atoms with Crippen molar-refractivity contribution in [3.8, 4) is 0 Å². The number of hydrogen-bond donors (Lipinski definition) is 1. The summed E-state index contributed by atoms with van der Waals surface area (Å²) < 4.78 is 39.4. The van der Waals surface area contributed by atoms with Gasteiger partial charge in [-0.05, 0) is 19.8 Å². The smallest absolute Gasteiger partial charge is 0.241 e. The number of halogens is 1. The van der Waals surface area contributed by atoms with Crippen LogP contribution in [0.1, 0.15) is 19.8 Å². The van der Waals surface area contributed by atoms with E-state index in [4.69, 9.17) is 0 Å². The minimum absolute atomic E-state index is 0.0188. The van der Waals surface area contributed by atoms with Crippen LogP contribution in [-0.2, 0) is 10.2 Å². The lowest BCUT2D eigenvalue weighted by molar-refractivity contribution is 0.0388. The number of alkyl halides is 1. The molecule has 0 radical (unpaired) electrons. The summed E-state index contributed by atoms with van der Waals surface area (Å²) >= 11 is 0. The lowest BCUT2D eigenvalue weighted by Gasteiger charge is -2.40. The first-order valence-corrected chi connectivity index (χ1v) is 5.79. The summed E-state index contributed by atoms with van der Waals surface area (Å²) in [5, 5.41) is 0. The zero-order valence-corrected chi connectivity index (χ0v) is 8.27. The second kappa shape index (κ2) is 2.65. The molecule has 0 unspecified atom stereocenters. The van der Waals surface area contributed by atoms with E-state index in [0.29, 0.717) is 0 Å². The molecule has 1 N–H and O–H groups in total. The minimum Gasteiger partial charge on any atom is -0.241 e. The maximum Gasteiger partial charge on any atom is 0.279 e. The highest BCUT2D eigenvalue weighted by molar-refractivity contribution is 7.87. The van der Waals surface area contributed by atoms with Gasteiger partial charge in [-0.15, -0.1) is 0 Å². The highest BCUT2D eigenvalue weighted by atomic mass is 32.2. The molecule has 0 aromatic carbocycles. The SMILES string of the molecule is CC1(F)CN(S(=O)(=O)NC2CC2)C1. The second-order valence-corrected chi connectivity index (χ2v) is 5.78. The molecule has 76 valence electrons. The largest absolute Gasteiger partial charge is 0.279 e. The first-order valence-electron chi connectivity index (χ1n) is 4.35. The lowest BCUT2D eigenvalue weighted by Crippen LogP contribution is -2.61. The standard InChI is InChI=1S/C7H13FN2O2S/c1-7(8)4-10(5-7)13(11,12)9-6-2-3-6/h6,9H,2-5H2,1H3. The van der Waals surface area contributed by atoms with E-state index < -0.39 is 15.9 Å². The summed E-state index contributed by atoms with van der Waals surface area (Å²) in [5.41, 5.74) is -1.34. The molecule has 0 spiro atoms. The summed E-state index contributed by atoms with van der Waals surface area (Å²) in [4.78, 5) is 0. The van der Waals surface area contributed by atoms with Crippen LogP contribution in [0.4, 0.5) is 4.39 Å². The molecule has 1 aliphatic heterocycles. The quantitative estimate of drug-likeness (QED) is 0.711. The van der Waals surface area contributed by atoms with Gasteiger partial charge in [-0.2, -0.15) is 17.4 Å². The van der Waals surface area contributed by atoms with Crippen LogP contribution in [0.2, 0.25) is 0 Å². The van der Waals surface area contributed by atoms with Gasteiger partial charge in [-0.3, -0.25) is 0 Å². The van der Waals surface area contributed by atoms with Gasteiger partial charge in [0.2, 0.25) is 0 Å². The molecule has 1 saturated heterocycles. The maximum absolute atomic E-state index is 13.0. The molecule has 2 aliphatic rings. The fraction of sp³-hybridized carbons (Fsp3) is 1.00. The summed E-state index contributed by atoms with van der Waals surface area (Å²) in [6.07, 6.45) is 1.81. The summed E-state index contributed by atoms with van der Waals surface area (Å²) in [5.74, 6) is 0. The monoisotopic (exact) mass is 208 g/mol. The summed E-state index contributed by atoms with van der Waals surface area (Å²) in [6.45, 7) is 1.38. The molecule has 0 amide bonds. The number of hydrogen-bond acceptors (Lipinski definition) is 2. The molecule has 2 rings (SSSR count). The molecule has 0 atom stereocenters. The third-order valence-corrected chi connectivity index (χ3v) is 3.81. The Morgan fingerprint density at radius 1 is 1.46 bits per heavy atom. The Morgan fingerprint density at radius 2 is 2.00 bits per heavy atom. The Kier molecular flexibility index (Phi) is 1.91. The van der Waals surface area contributed by atoms with Gasteiger partial charge >= 0.3 is 0 Å². The number of rotatable bonds is 3. The van der Waals surface area contributed by atoms with Crippen molar-refractivity contribution in [1.82, 2.24) is 9.03 Å². The molecule has 4 nitrogen and oxygen atoms in total. The number of nitrogens with one attached hydrogen (secondary N) is 1. The molecular weight excluding hydrogens is 195 g/mol. The van der Waals surface area contributed by atoms with Crippen LogP contribution in [0.25, 0.3) is 0 Å². The first kappa shape index (κ1) is 9.36. The van der Waals surface area contributed by atoms with Crippen molar-refractivity contribution in [2.24, 2.45) is 0 Å². The van der Waals surface area contributed by atoms with Crippen molar-refractivity contribution in [3.63, 3.8) is 0 Å². The Bertz CT molecular complexity index is 302. The molecule has 0 aromatic heterocycles. The zero-order valence-electron chi connectivity index (χ0n) is 7.46. The van der Waals surface area contributed by atoms with Gasteiger partial charge in [0.1, 0.15) is 5.67 Å². The third kappa shape index (κ3) is 2.00. The predicted molar refractivity (Wildman–Crippen MR) is 46.2 cm³/mol. The van der Waals surface area contributed by atoms with Crippen LogP contribution < -0.4 is 4.72 Å². The predicted octanol–water partition coefficient (Wildman–Crippen LogP) is 0.0270. The van der Waals surface area contributed by atoms with Crippen molar-refractivity contribution in [1.29, 1.82) is 0 Å². The van der Waals surface area contributed by atoms with Crippen molar-refractivity contribution in [2.75, 3.05) is 13.1 Å². The van der Waals surface area contributed by atoms with Crippen LogP contribution in [0.15, 0.2) is 0 Å². The molecule has 13 heavy (non-hydrogen) atoms. The highest BCUT2D eigenvalue weighted by Gasteiger charge is 2.46. The molecular formula is C7H13FN2O2S. The molecule has 2 fully saturated rings. The van der Waals surface area contributed by atoms with E-state index >= 15 is 0 Å². The van der Waals surface area contributed by atoms with Gasteiger partial charge in [0.15, 0.2) is 0 Å². The molecule has 0 bridgehead atoms. The normalized spacial score (nSPS) is 28.5. The molecule has 1 heterocycles. The Morgan fingerprint density at radius 3 is 2.38 bits per heavy atom. The van der Waals surface area contributed by atoms with Crippen molar-refractivity contribution < 1.29 is 12.8 Å². The van der Waals surface area contributed by atoms with E-state index in [1.165, 1.54) is 6.92 Å². The highest BCUT2D eigenvalue weighted by Crippen LogP contribution is 2.28. The van der Waals surface area contributed by atoms with Crippen LogP contribution in [0.3, 0.4) is 0 Å². The van der Waals surface area contributed by atoms with Crippen molar-refractivity contribution in [3.05, 3.63) is 0 Å². The lowest BCUT2D eigenvalue weighted by atomic mass is 10.0. The summed E-state index contributed by atoms with van der Waals surface area (Å²) in [6, 6.07) is 0.0940. The van der Waals surface area contributed by atoms with Gasteiger partial charge in [0.25, 0.3) is 10.2 Å². The van der Waals surface area contributed by atoms with Gasteiger partial charge < -0.3 is 0 Å². The second-order valence-electron chi connectivity index (χ2n) is 4.08. The zero-order chi connectivity index (χ0) is 9.69. The molecule has 0 aromatic rings. The van der Waals surface area contributed by atoms with E-state index in [1.807, 2.05) is 0 Å².